The van der Waals surface area contributed by atoms with Gasteiger partial charge in [-0.05, 0) is 36.4 Å². The SMILES string of the molecule is COc1ccc(-c2nc(Nc3ccn[nH]3)nc(-c3ccncc3)n2)cc1. The molecule has 4 rings (SSSR count). The molecule has 0 aliphatic carbocycles. The Balaban J connectivity index is 1.78. The summed E-state index contributed by atoms with van der Waals surface area (Å²) in [5.74, 6) is 2.99. The zero-order valence-corrected chi connectivity index (χ0v) is 13.9. The molecule has 0 atom stereocenters. The Morgan fingerprint density at radius 1 is 0.808 bits per heavy atom. The summed E-state index contributed by atoms with van der Waals surface area (Å²) in [6.45, 7) is 0. The lowest BCUT2D eigenvalue weighted by atomic mass is 10.2. The normalized spacial score (nSPS) is 10.5. The molecule has 8 nitrogen and oxygen atoms in total. The van der Waals surface area contributed by atoms with E-state index in [9.17, 15) is 0 Å². The third-order valence-electron chi connectivity index (χ3n) is 3.67. The molecular weight excluding hydrogens is 330 g/mol. The molecule has 0 saturated heterocycles. The molecule has 0 fully saturated rings. The highest BCUT2D eigenvalue weighted by Gasteiger charge is 2.11. The maximum Gasteiger partial charge on any atom is 0.232 e. The Morgan fingerprint density at radius 2 is 1.50 bits per heavy atom. The molecule has 1 aromatic carbocycles. The van der Waals surface area contributed by atoms with Gasteiger partial charge in [-0.2, -0.15) is 15.1 Å². The Bertz CT molecular complexity index is 986. The van der Waals surface area contributed by atoms with Gasteiger partial charge in [-0.15, -0.1) is 0 Å². The molecule has 3 aromatic heterocycles. The first kappa shape index (κ1) is 15.7. The molecule has 8 heteroatoms. The Hall–Kier alpha value is -3.81. The van der Waals surface area contributed by atoms with Gasteiger partial charge in [0, 0.05) is 29.6 Å². The van der Waals surface area contributed by atoms with Gasteiger partial charge in [-0.3, -0.25) is 10.1 Å². The zero-order valence-electron chi connectivity index (χ0n) is 13.9. The van der Waals surface area contributed by atoms with Crippen LogP contribution in [0, 0.1) is 0 Å². The molecule has 0 bridgehead atoms. The molecule has 0 aliphatic rings. The van der Waals surface area contributed by atoms with Gasteiger partial charge in [0.25, 0.3) is 0 Å². The average Bonchev–Trinajstić information content (AvgIpc) is 3.21. The number of rotatable bonds is 5. The summed E-state index contributed by atoms with van der Waals surface area (Å²) in [6, 6.07) is 13.1. The Kier molecular flexibility index (Phi) is 4.21. The fraction of sp³-hybridized carbons (Fsp3) is 0.0556. The summed E-state index contributed by atoms with van der Waals surface area (Å²) in [7, 11) is 1.63. The second kappa shape index (κ2) is 6.98. The molecule has 0 aliphatic heterocycles. The van der Waals surface area contributed by atoms with Crippen molar-refractivity contribution in [2.24, 2.45) is 0 Å². The van der Waals surface area contributed by atoms with Gasteiger partial charge in [-0.25, -0.2) is 4.98 Å². The number of hydrogen-bond donors (Lipinski definition) is 2. The van der Waals surface area contributed by atoms with Gasteiger partial charge < -0.3 is 10.1 Å². The van der Waals surface area contributed by atoms with Crippen molar-refractivity contribution in [3.8, 4) is 28.5 Å². The van der Waals surface area contributed by atoms with E-state index in [4.69, 9.17) is 4.74 Å². The highest BCUT2D eigenvalue weighted by molar-refractivity contribution is 5.64. The standard InChI is InChI=1S/C18H15N7O/c1-26-14-4-2-12(3-5-14)16-22-17(13-6-9-19-10-7-13)24-18(23-16)21-15-8-11-20-25-15/h2-11H,1H3,(H2,20,21,22,23,24,25). The first-order valence-corrected chi connectivity index (χ1v) is 7.89. The van der Waals surface area contributed by atoms with Crippen LogP contribution in [-0.2, 0) is 0 Å². The number of anilines is 2. The number of hydrogen-bond acceptors (Lipinski definition) is 7. The van der Waals surface area contributed by atoms with E-state index in [-0.39, 0.29) is 0 Å². The number of nitrogens with one attached hydrogen (secondary N) is 2. The zero-order chi connectivity index (χ0) is 17.8. The first-order valence-electron chi connectivity index (χ1n) is 7.89. The molecule has 128 valence electrons. The number of H-pyrrole nitrogens is 1. The second-order valence-corrected chi connectivity index (χ2v) is 5.37. The van der Waals surface area contributed by atoms with Crippen molar-refractivity contribution in [2.45, 2.75) is 0 Å². The first-order chi connectivity index (χ1) is 12.8. The average molecular weight is 345 g/mol. The quantitative estimate of drug-likeness (QED) is 0.573. The van der Waals surface area contributed by atoms with Crippen LogP contribution in [0.5, 0.6) is 5.75 Å². The highest BCUT2D eigenvalue weighted by atomic mass is 16.5. The van der Waals surface area contributed by atoms with E-state index in [1.807, 2.05) is 36.4 Å². The van der Waals surface area contributed by atoms with Crippen LogP contribution in [0.4, 0.5) is 11.8 Å². The molecule has 4 aromatic rings. The minimum absolute atomic E-state index is 0.418. The lowest BCUT2D eigenvalue weighted by Crippen LogP contribution is -2.03. The lowest BCUT2D eigenvalue weighted by molar-refractivity contribution is 0.415. The van der Waals surface area contributed by atoms with Crippen LogP contribution in [0.2, 0.25) is 0 Å². The molecular formula is C18H15N7O. The van der Waals surface area contributed by atoms with Crippen LogP contribution in [0.1, 0.15) is 0 Å². The summed E-state index contributed by atoms with van der Waals surface area (Å²) in [5, 5.41) is 9.86. The fourth-order valence-electron chi connectivity index (χ4n) is 2.38. The van der Waals surface area contributed by atoms with E-state index in [2.05, 4.69) is 35.5 Å². The lowest BCUT2D eigenvalue weighted by Gasteiger charge is -2.09. The van der Waals surface area contributed by atoms with Crippen molar-refractivity contribution in [1.29, 1.82) is 0 Å². The van der Waals surface area contributed by atoms with E-state index in [1.165, 1.54) is 0 Å². The Labute approximate surface area is 149 Å². The van der Waals surface area contributed by atoms with Crippen LogP contribution >= 0.6 is 0 Å². The largest absolute Gasteiger partial charge is 0.497 e. The van der Waals surface area contributed by atoms with Crippen LogP contribution < -0.4 is 10.1 Å². The minimum atomic E-state index is 0.418. The summed E-state index contributed by atoms with van der Waals surface area (Å²) in [4.78, 5) is 17.7. The van der Waals surface area contributed by atoms with Crippen molar-refractivity contribution < 1.29 is 4.74 Å². The number of nitrogens with zero attached hydrogens (tertiary/aromatic N) is 5. The Morgan fingerprint density at radius 3 is 2.12 bits per heavy atom. The predicted octanol–water partition coefficient (Wildman–Crippen LogP) is 3.08. The maximum absolute atomic E-state index is 5.21. The maximum atomic E-state index is 5.21. The second-order valence-electron chi connectivity index (χ2n) is 5.37. The minimum Gasteiger partial charge on any atom is -0.497 e. The summed E-state index contributed by atoms with van der Waals surface area (Å²) in [6.07, 6.45) is 5.06. The topological polar surface area (TPSA) is 102 Å². The van der Waals surface area contributed by atoms with Crippen LogP contribution in [0.3, 0.4) is 0 Å². The summed E-state index contributed by atoms with van der Waals surface area (Å²) in [5.41, 5.74) is 1.71. The van der Waals surface area contributed by atoms with Gasteiger partial charge in [0.15, 0.2) is 11.6 Å². The van der Waals surface area contributed by atoms with Gasteiger partial charge in [0.1, 0.15) is 11.6 Å². The summed E-state index contributed by atoms with van der Waals surface area (Å²) >= 11 is 0. The van der Waals surface area contributed by atoms with Crippen LogP contribution in [0.25, 0.3) is 22.8 Å². The van der Waals surface area contributed by atoms with Crippen LogP contribution in [0.15, 0.2) is 61.1 Å². The molecule has 0 spiro atoms. The van der Waals surface area contributed by atoms with E-state index in [0.29, 0.717) is 23.4 Å². The highest BCUT2D eigenvalue weighted by Crippen LogP contribution is 2.24. The molecule has 0 amide bonds. The smallest absolute Gasteiger partial charge is 0.232 e. The number of ether oxygens (including phenoxy) is 1. The van der Waals surface area contributed by atoms with Crippen molar-refractivity contribution in [3.63, 3.8) is 0 Å². The number of methoxy groups -OCH3 is 1. The van der Waals surface area contributed by atoms with E-state index >= 15 is 0 Å². The molecule has 0 saturated carbocycles. The van der Waals surface area contributed by atoms with Gasteiger partial charge >= 0.3 is 0 Å². The molecule has 0 radical (unpaired) electrons. The predicted molar refractivity (Wildman–Crippen MR) is 96.9 cm³/mol. The molecule has 3 heterocycles. The molecule has 26 heavy (non-hydrogen) atoms. The number of aromatic nitrogens is 6. The number of aromatic amines is 1. The molecule has 2 N–H and O–H groups in total. The molecule has 0 unspecified atom stereocenters. The van der Waals surface area contributed by atoms with Crippen LogP contribution in [-0.4, -0.2) is 37.2 Å². The van der Waals surface area contributed by atoms with E-state index in [0.717, 1.165) is 16.9 Å². The fourth-order valence-corrected chi connectivity index (χ4v) is 2.38. The van der Waals surface area contributed by atoms with Gasteiger partial charge in [-0.1, -0.05) is 0 Å². The van der Waals surface area contributed by atoms with Crippen molar-refractivity contribution in [1.82, 2.24) is 30.1 Å². The summed E-state index contributed by atoms with van der Waals surface area (Å²) < 4.78 is 5.21. The van der Waals surface area contributed by atoms with Gasteiger partial charge in [0.05, 0.1) is 13.3 Å². The number of pyridine rings is 1. The van der Waals surface area contributed by atoms with Crippen molar-refractivity contribution in [2.75, 3.05) is 12.4 Å². The van der Waals surface area contributed by atoms with Crippen molar-refractivity contribution >= 4 is 11.8 Å². The third kappa shape index (κ3) is 3.34. The van der Waals surface area contributed by atoms with Gasteiger partial charge in [0.2, 0.25) is 5.95 Å². The number of benzene rings is 1. The third-order valence-corrected chi connectivity index (χ3v) is 3.67. The van der Waals surface area contributed by atoms with Crippen molar-refractivity contribution in [3.05, 3.63) is 61.1 Å². The monoisotopic (exact) mass is 345 g/mol. The van der Waals surface area contributed by atoms with E-state index in [1.54, 1.807) is 31.8 Å². The van der Waals surface area contributed by atoms with E-state index < -0.39 is 0 Å².